The number of methoxy groups -OCH3 is 2. The fourth-order valence-corrected chi connectivity index (χ4v) is 1.45. The maximum Gasteiger partial charge on any atom is 0.160 e. The molecule has 0 aromatic heterocycles. The zero-order chi connectivity index (χ0) is 11.3. The second-order valence-corrected chi connectivity index (χ2v) is 3.56. The average Bonchev–Trinajstić information content (AvgIpc) is 2.28. The van der Waals surface area contributed by atoms with Crippen LogP contribution in [0.4, 0.5) is 0 Å². The molecule has 0 spiro atoms. The highest BCUT2D eigenvalue weighted by Gasteiger charge is 2.06. The van der Waals surface area contributed by atoms with Gasteiger partial charge in [0.05, 0.1) is 14.2 Å². The van der Waals surface area contributed by atoms with Gasteiger partial charge in [-0.1, -0.05) is 13.0 Å². The van der Waals surface area contributed by atoms with Crippen molar-refractivity contribution in [2.24, 2.45) is 5.73 Å². The number of hydrogen-bond donors (Lipinski definition) is 1. The third-order valence-corrected chi connectivity index (χ3v) is 2.47. The summed E-state index contributed by atoms with van der Waals surface area (Å²) in [5, 5.41) is 0. The maximum absolute atomic E-state index is 5.90. The summed E-state index contributed by atoms with van der Waals surface area (Å²) in [6.45, 7) is 2.09. The van der Waals surface area contributed by atoms with E-state index >= 15 is 0 Å². The SMILES string of the molecule is CCC(N)Cc1ccc(OC)c(OC)c1.Cl. The van der Waals surface area contributed by atoms with Crippen LogP contribution < -0.4 is 15.2 Å². The summed E-state index contributed by atoms with van der Waals surface area (Å²) in [7, 11) is 3.27. The summed E-state index contributed by atoms with van der Waals surface area (Å²) in [5.41, 5.74) is 7.08. The van der Waals surface area contributed by atoms with E-state index in [1.165, 1.54) is 5.56 Å². The van der Waals surface area contributed by atoms with Crippen molar-refractivity contribution in [2.75, 3.05) is 14.2 Å². The highest BCUT2D eigenvalue weighted by Crippen LogP contribution is 2.27. The van der Waals surface area contributed by atoms with Crippen LogP contribution in [0.5, 0.6) is 11.5 Å². The molecule has 0 heterocycles. The van der Waals surface area contributed by atoms with E-state index in [-0.39, 0.29) is 18.4 Å². The Balaban J connectivity index is 0.00000225. The molecule has 0 bridgehead atoms. The second kappa shape index (κ2) is 7.36. The van der Waals surface area contributed by atoms with Crippen LogP contribution in [-0.4, -0.2) is 20.3 Å². The van der Waals surface area contributed by atoms with Crippen LogP contribution in [-0.2, 0) is 6.42 Å². The van der Waals surface area contributed by atoms with Gasteiger partial charge < -0.3 is 15.2 Å². The summed E-state index contributed by atoms with van der Waals surface area (Å²) in [6.07, 6.45) is 1.85. The average molecular weight is 246 g/mol. The van der Waals surface area contributed by atoms with Gasteiger partial charge in [-0.25, -0.2) is 0 Å². The lowest BCUT2D eigenvalue weighted by molar-refractivity contribution is 0.354. The Morgan fingerprint density at radius 3 is 2.31 bits per heavy atom. The first-order valence-electron chi connectivity index (χ1n) is 5.17. The van der Waals surface area contributed by atoms with Crippen molar-refractivity contribution < 1.29 is 9.47 Å². The summed E-state index contributed by atoms with van der Waals surface area (Å²) in [4.78, 5) is 0. The van der Waals surface area contributed by atoms with Crippen LogP contribution >= 0.6 is 12.4 Å². The lowest BCUT2D eigenvalue weighted by Crippen LogP contribution is -2.21. The molecule has 1 unspecified atom stereocenters. The van der Waals surface area contributed by atoms with Gasteiger partial charge in [-0.3, -0.25) is 0 Å². The minimum atomic E-state index is 0. The fraction of sp³-hybridized carbons (Fsp3) is 0.500. The predicted molar refractivity (Wildman–Crippen MR) is 68.8 cm³/mol. The summed E-state index contributed by atoms with van der Waals surface area (Å²) >= 11 is 0. The molecule has 1 atom stereocenters. The van der Waals surface area contributed by atoms with Crippen LogP contribution in [0.3, 0.4) is 0 Å². The number of ether oxygens (including phenoxy) is 2. The third kappa shape index (κ3) is 3.91. The highest BCUT2D eigenvalue weighted by atomic mass is 35.5. The van der Waals surface area contributed by atoms with E-state index in [4.69, 9.17) is 15.2 Å². The normalized spacial score (nSPS) is 11.5. The molecule has 4 heteroatoms. The molecular formula is C12H20ClNO2. The predicted octanol–water partition coefficient (Wildman–Crippen LogP) is 2.41. The molecule has 0 saturated carbocycles. The van der Waals surface area contributed by atoms with Gasteiger partial charge in [-0.2, -0.15) is 0 Å². The van der Waals surface area contributed by atoms with Crippen LogP contribution in [0.15, 0.2) is 18.2 Å². The largest absolute Gasteiger partial charge is 0.493 e. The van der Waals surface area contributed by atoms with Crippen molar-refractivity contribution in [3.05, 3.63) is 23.8 Å². The fourth-order valence-electron chi connectivity index (χ4n) is 1.45. The molecule has 0 aliphatic carbocycles. The first-order chi connectivity index (χ1) is 7.21. The first kappa shape index (κ1) is 15.1. The Bertz CT molecular complexity index is 318. The van der Waals surface area contributed by atoms with Crippen molar-refractivity contribution >= 4 is 12.4 Å². The van der Waals surface area contributed by atoms with Crippen molar-refractivity contribution in [1.82, 2.24) is 0 Å². The lowest BCUT2D eigenvalue weighted by atomic mass is 10.0. The standard InChI is InChI=1S/C12H19NO2.ClH/c1-4-10(13)7-9-5-6-11(14-2)12(8-9)15-3;/h5-6,8,10H,4,7,13H2,1-3H3;1H. The molecule has 92 valence electrons. The summed E-state index contributed by atoms with van der Waals surface area (Å²) in [5.74, 6) is 1.52. The first-order valence-corrected chi connectivity index (χ1v) is 5.17. The minimum absolute atomic E-state index is 0. The van der Waals surface area contributed by atoms with Gasteiger partial charge in [0.15, 0.2) is 11.5 Å². The van der Waals surface area contributed by atoms with E-state index < -0.39 is 0 Å². The van der Waals surface area contributed by atoms with Crippen molar-refractivity contribution in [3.8, 4) is 11.5 Å². The summed E-state index contributed by atoms with van der Waals surface area (Å²) in [6, 6.07) is 6.13. The Labute approximate surface area is 103 Å². The van der Waals surface area contributed by atoms with Crippen LogP contribution in [0, 0.1) is 0 Å². The van der Waals surface area contributed by atoms with Crippen molar-refractivity contribution in [3.63, 3.8) is 0 Å². The Kier molecular flexibility index (Phi) is 6.93. The molecule has 0 saturated heterocycles. The molecular weight excluding hydrogens is 226 g/mol. The maximum atomic E-state index is 5.90. The topological polar surface area (TPSA) is 44.5 Å². The van der Waals surface area contributed by atoms with Gasteiger partial charge in [0.25, 0.3) is 0 Å². The second-order valence-electron chi connectivity index (χ2n) is 3.56. The Morgan fingerprint density at radius 2 is 1.81 bits per heavy atom. The zero-order valence-electron chi connectivity index (χ0n) is 10.0. The number of hydrogen-bond acceptors (Lipinski definition) is 3. The molecule has 16 heavy (non-hydrogen) atoms. The third-order valence-electron chi connectivity index (χ3n) is 2.47. The molecule has 0 amide bonds. The van der Waals surface area contributed by atoms with Crippen molar-refractivity contribution in [2.45, 2.75) is 25.8 Å². The van der Waals surface area contributed by atoms with Crippen LogP contribution in [0.2, 0.25) is 0 Å². The van der Waals surface area contributed by atoms with Crippen LogP contribution in [0.25, 0.3) is 0 Å². The minimum Gasteiger partial charge on any atom is -0.493 e. The van der Waals surface area contributed by atoms with Crippen molar-refractivity contribution in [1.29, 1.82) is 0 Å². The van der Waals surface area contributed by atoms with E-state index in [1.807, 2.05) is 18.2 Å². The summed E-state index contributed by atoms with van der Waals surface area (Å²) < 4.78 is 10.4. The van der Waals surface area contributed by atoms with E-state index in [1.54, 1.807) is 14.2 Å². The Morgan fingerprint density at radius 1 is 1.19 bits per heavy atom. The lowest BCUT2D eigenvalue weighted by Gasteiger charge is -2.12. The van der Waals surface area contributed by atoms with Gasteiger partial charge in [-0.05, 0) is 30.5 Å². The smallest absolute Gasteiger partial charge is 0.160 e. The molecule has 1 aromatic carbocycles. The number of nitrogens with two attached hydrogens (primary N) is 1. The highest BCUT2D eigenvalue weighted by molar-refractivity contribution is 5.85. The molecule has 1 aromatic rings. The number of halogens is 1. The van der Waals surface area contributed by atoms with Gasteiger partial charge >= 0.3 is 0 Å². The van der Waals surface area contributed by atoms with Gasteiger partial charge in [0, 0.05) is 6.04 Å². The number of rotatable bonds is 5. The van der Waals surface area contributed by atoms with E-state index in [0.29, 0.717) is 0 Å². The van der Waals surface area contributed by atoms with E-state index in [2.05, 4.69) is 6.92 Å². The molecule has 2 N–H and O–H groups in total. The zero-order valence-corrected chi connectivity index (χ0v) is 10.8. The quantitative estimate of drug-likeness (QED) is 0.867. The van der Waals surface area contributed by atoms with E-state index in [9.17, 15) is 0 Å². The molecule has 3 nitrogen and oxygen atoms in total. The molecule has 0 radical (unpaired) electrons. The monoisotopic (exact) mass is 245 g/mol. The number of benzene rings is 1. The van der Waals surface area contributed by atoms with Gasteiger partial charge in [0.2, 0.25) is 0 Å². The molecule has 0 fully saturated rings. The molecule has 0 aliphatic rings. The molecule has 0 aliphatic heterocycles. The van der Waals surface area contributed by atoms with Gasteiger partial charge in [-0.15, -0.1) is 12.4 Å². The molecule has 1 rings (SSSR count). The van der Waals surface area contributed by atoms with E-state index in [0.717, 1.165) is 24.3 Å². The van der Waals surface area contributed by atoms with Gasteiger partial charge in [0.1, 0.15) is 0 Å². The Hall–Kier alpha value is -0.930. The van der Waals surface area contributed by atoms with Crippen LogP contribution in [0.1, 0.15) is 18.9 Å².